The van der Waals surface area contributed by atoms with Crippen LogP contribution in [0.3, 0.4) is 0 Å². The Hall–Kier alpha value is -1.40. The number of aromatic nitrogens is 2. The number of hydroxylamine groups is 2. The summed E-state index contributed by atoms with van der Waals surface area (Å²) in [5.74, 6) is -0.896. The number of hydrogen-bond acceptors (Lipinski definition) is 4. The second-order valence-electron chi connectivity index (χ2n) is 3.17. The minimum atomic E-state index is -0.896. The number of imidazole rings is 1. The van der Waals surface area contributed by atoms with E-state index in [1.54, 1.807) is 19.6 Å². The molecule has 1 aromatic rings. The third kappa shape index (κ3) is 5.14. The van der Waals surface area contributed by atoms with E-state index in [-0.39, 0.29) is 6.54 Å². The van der Waals surface area contributed by atoms with Gasteiger partial charge in [0.25, 0.3) is 0 Å². The van der Waals surface area contributed by atoms with Crippen molar-refractivity contribution in [3.05, 3.63) is 18.7 Å². The van der Waals surface area contributed by atoms with Crippen molar-refractivity contribution in [1.29, 1.82) is 0 Å². The van der Waals surface area contributed by atoms with Crippen molar-refractivity contribution in [2.75, 3.05) is 20.2 Å². The van der Waals surface area contributed by atoms with Gasteiger partial charge in [0.05, 0.1) is 12.9 Å². The number of likely N-dealkylation sites (N-methyl/N-ethyl adjacent to an activating group) is 1. The molecule has 0 aliphatic carbocycles. The fourth-order valence-electron chi connectivity index (χ4n) is 1.12. The first-order valence-corrected chi connectivity index (χ1v) is 4.70. The van der Waals surface area contributed by atoms with E-state index >= 15 is 0 Å². The number of carbonyl (C=O) groups is 1. The van der Waals surface area contributed by atoms with Crippen molar-refractivity contribution < 1.29 is 14.7 Å². The van der Waals surface area contributed by atoms with Gasteiger partial charge in [-0.05, 0) is 6.42 Å². The Morgan fingerprint density at radius 3 is 3.07 bits per heavy atom. The zero-order valence-corrected chi connectivity index (χ0v) is 8.67. The van der Waals surface area contributed by atoms with Crippen LogP contribution in [0.5, 0.6) is 0 Å². The van der Waals surface area contributed by atoms with Crippen molar-refractivity contribution in [3.8, 4) is 0 Å². The minimum absolute atomic E-state index is 0.106. The number of rotatable bonds is 7. The summed E-state index contributed by atoms with van der Waals surface area (Å²) in [5.41, 5.74) is 0. The molecule has 0 fully saturated rings. The van der Waals surface area contributed by atoms with Gasteiger partial charge in [-0.1, -0.05) is 0 Å². The van der Waals surface area contributed by atoms with E-state index in [4.69, 9.17) is 9.94 Å². The number of aryl methyl sites for hydroxylation is 1. The van der Waals surface area contributed by atoms with Gasteiger partial charge < -0.3 is 9.67 Å². The van der Waals surface area contributed by atoms with Gasteiger partial charge in [0.1, 0.15) is 6.54 Å². The van der Waals surface area contributed by atoms with Gasteiger partial charge in [-0.3, -0.25) is 9.63 Å². The largest absolute Gasteiger partial charge is 0.480 e. The van der Waals surface area contributed by atoms with Crippen LogP contribution < -0.4 is 0 Å². The average molecular weight is 213 g/mol. The first-order valence-electron chi connectivity index (χ1n) is 4.70. The Morgan fingerprint density at radius 2 is 2.47 bits per heavy atom. The summed E-state index contributed by atoms with van der Waals surface area (Å²) in [4.78, 5) is 19.4. The molecule has 6 nitrogen and oxygen atoms in total. The average Bonchev–Trinajstić information content (AvgIpc) is 2.63. The molecule has 0 unspecified atom stereocenters. The number of hydrogen-bond donors (Lipinski definition) is 1. The molecule has 0 saturated carbocycles. The first-order chi connectivity index (χ1) is 7.18. The van der Waals surface area contributed by atoms with Crippen LogP contribution in [0.4, 0.5) is 0 Å². The van der Waals surface area contributed by atoms with E-state index < -0.39 is 5.97 Å². The second kappa shape index (κ2) is 6.15. The fourth-order valence-corrected chi connectivity index (χ4v) is 1.12. The van der Waals surface area contributed by atoms with Crippen LogP contribution in [0.25, 0.3) is 0 Å². The van der Waals surface area contributed by atoms with Crippen molar-refractivity contribution >= 4 is 5.97 Å². The molecule has 0 radical (unpaired) electrons. The van der Waals surface area contributed by atoms with Gasteiger partial charge in [0, 0.05) is 26.0 Å². The SMILES string of the molecule is CN(CC(=O)O)OCCCn1ccnc1. The molecular weight excluding hydrogens is 198 g/mol. The Labute approximate surface area is 88.0 Å². The van der Waals surface area contributed by atoms with E-state index in [0.29, 0.717) is 6.61 Å². The van der Waals surface area contributed by atoms with Gasteiger partial charge in [-0.2, -0.15) is 5.06 Å². The molecule has 0 bridgehead atoms. The van der Waals surface area contributed by atoms with Crippen LogP contribution in [0, 0.1) is 0 Å². The van der Waals surface area contributed by atoms with E-state index in [1.807, 2.05) is 10.8 Å². The lowest BCUT2D eigenvalue weighted by atomic mass is 10.4. The lowest BCUT2D eigenvalue weighted by Gasteiger charge is -2.13. The van der Waals surface area contributed by atoms with Crippen LogP contribution in [0.1, 0.15) is 6.42 Å². The molecule has 0 aromatic carbocycles. The van der Waals surface area contributed by atoms with Gasteiger partial charge in [0.15, 0.2) is 0 Å². The molecular formula is C9H15N3O3. The van der Waals surface area contributed by atoms with Crippen LogP contribution in [-0.4, -0.2) is 45.9 Å². The van der Waals surface area contributed by atoms with Crippen LogP contribution in [-0.2, 0) is 16.2 Å². The number of nitrogens with zero attached hydrogens (tertiary/aromatic N) is 3. The molecule has 0 saturated heterocycles. The summed E-state index contributed by atoms with van der Waals surface area (Å²) in [7, 11) is 1.60. The Kier molecular flexibility index (Phi) is 4.79. The third-order valence-electron chi connectivity index (χ3n) is 1.79. The number of aliphatic carboxylic acids is 1. The summed E-state index contributed by atoms with van der Waals surface area (Å²) in [6.45, 7) is 1.22. The molecule has 0 aliphatic rings. The molecule has 1 aromatic heterocycles. The topological polar surface area (TPSA) is 67.6 Å². The summed E-state index contributed by atoms with van der Waals surface area (Å²) >= 11 is 0. The van der Waals surface area contributed by atoms with Crippen molar-refractivity contribution in [2.45, 2.75) is 13.0 Å². The standard InChI is InChI=1S/C9H15N3O3/c1-11(7-9(13)14)15-6-2-4-12-5-3-10-8-12/h3,5,8H,2,4,6-7H2,1H3,(H,13,14). The minimum Gasteiger partial charge on any atom is -0.480 e. The fraction of sp³-hybridized carbons (Fsp3) is 0.556. The first kappa shape index (κ1) is 11.7. The summed E-state index contributed by atoms with van der Waals surface area (Å²) < 4.78 is 1.94. The zero-order valence-electron chi connectivity index (χ0n) is 8.67. The van der Waals surface area contributed by atoms with Gasteiger partial charge in [0.2, 0.25) is 0 Å². The maximum absolute atomic E-state index is 10.3. The van der Waals surface area contributed by atoms with Crippen molar-refractivity contribution in [1.82, 2.24) is 14.6 Å². The van der Waals surface area contributed by atoms with Crippen LogP contribution in [0.15, 0.2) is 18.7 Å². The van der Waals surface area contributed by atoms with E-state index in [9.17, 15) is 4.79 Å². The highest BCUT2D eigenvalue weighted by atomic mass is 16.7. The number of carboxylic acid groups (broad SMARTS) is 1. The maximum atomic E-state index is 10.3. The molecule has 15 heavy (non-hydrogen) atoms. The lowest BCUT2D eigenvalue weighted by molar-refractivity contribution is -0.166. The highest BCUT2D eigenvalue weighted by molar-refractivity contribution is 5.68. The maximum Gasteiger partial charge on any atom is 0.320 e. The van der Waals surface area contributed by atoms with E-state index in [2.05, 4.69) is 4.98 Å². The predicted molar refractivity (Wildman–Crippen MR) is 53.1 cm³/mol. The normalized spacial score (nSPS) is 10.8. The molecule has 0 amide bonds. The smallest absolute Gasteiger partial charge is 0.320 e. The highest BCUT2D eigenvalue weighted by Crippen LogP contribution is 1.93. The molecule has 0 atom stereocenters. The molecule has 1 rings (SSSR count). The lowest BCUT2D eigenvalue weighted by Crippen LogP contribution is -2.26. The third-order valence-corrected chi connectivity index (χ3v) is 1.79. The summed E-state index contributed by atoms with van der Waals surface area (Å²) in [6.07, 6.45) is 6.15. The van der Waals surface area contributed by atoms with Crippen LogP contribution >= 0.6 is 0 Å². The van der Waals surface area contributed by atoms with Crippen molar-refractivity contribution in [2.24, 2.45) is 0 Å². The van der Waals surface area contributed by atoms with Crippen molar-refractivity contribution in [3.63, 3.8) is 0 Å². The molecule has 1 N–H and O–H groups in total. The Morgan fingerprint density at radius 1 is 1.67 bits per heavy atom. The Bertz CT molecular complexity index is 287. The molecule has 1 heterocycles. The Balaban J connectivity index is 2.04. The zero-order chi connectivity index (χ0) is 11.1. The van der Waals surface area contributed by atoms with Gasteiger partial charge >= 0.3 is 5.97 Å². The monoisotopic (exact) mass is 213 g/mol. The molecule has 6 heteroatoms. The van der Waals surface area contributed by atoms with E-state index in [0.717, 1.165) is 13.0 Å². The number of carboxylic acids is 1. The van der Waals surface area contributed by atoms with Crippen LogP contribution in [0.2, 0.25) is 0 Å². The molecule has 0 spiro atoms. The summed E-state index contributed by atoms with van der Waals surface area (Å²) in [5, 5.41) is 9.77. The highest BCUT2D eigenvalue weighted by Gasteiger charge is 2.03. The van der Waals surface area contributed by atoms with E-state index in [1.165, 1.54) is 5.06 Å². The van der Waals surface area contributed by atoms with Gasteiger partial charge in [-0.25, -0.2) is 4.98 Å². The van der Waals surface area contributed by atoms with Gasteiger partial charge in [-0.15, -0.1) is 0 Å². The quantitative estimate of drug-likeness (QED) is 0.518. The second-order valence-corrected chi connectivity index (χ2v) is 3.17. The molecule has 84 valence electrons. The molecule has 0 aliphatic heterocycles. The summed E-state index contributed by atoms with van der Waals surface area (Å²) in [6, 6.07) is 0. The predicted octanol–water partition coefficient (Wildman–Crippen LogP) is 0.221.